The van der Waals surface area contributed by atoms with Crippen LogP contribution in [0.15, 0.2) is 47.4 Å². The van der Waals surface area contributed by atoms with Crippen LogP contribution in [0.4, 0.5) is 5.69 Å². The Labute approximate surface area is 177 Å². The zero-order chi connectivity index (χ0) is 21.1. The molecule has 160 valence electrons. The van der Waals surface area contributed by atoms with Gasteiger partial charge in [0.1, 0.15) is 5.75 Å². The molecule has 2 aromatic carbocycles. The highest BCUT2D eigenvalue weighted by Crippen LogP contribution is 2.35. The third-order valence-electron chi connectivity index (χ3n) is 5.63. The molecule has 30 heavy (non-hydrogen) atoms. The van der Waals surface area contributed by atoms with Crippen molar-refractivity contribution in [1.82, 2.24) is 10.1 Å². The fourth-order valence-electron chi connectivity index (χ4n) is 3.85. The van der Waals surface area contributed by atoms with Gasteiger partial charge in [-0.3, -0.25) is 15.6 Å². The summed E-state index contributed by atoms with van der Waals surface area (Å²) in [6, 6.07) is 12.5. The number of methoxy groups -OCH3 is 1. The number of hydrogen-bond acceptors (Lipinski definition) is 5. The molecule has 2 aliphatic rings. The second-order valence-corrected chi connectivity index (χ2v) is 9.67. The van der Waals surface area contributed by atoms with Gasteiger partial charge >= 0.3 is 0 Å². The lowest BCUT2D eigenvalue weighted by Gasteiger charge is -2.25. The third kappa shape index (κ3) is 4.94. The minimum atomic E-state index is -3.47. The Balaban J connectivity index is 1.32. The first kappa shape index (κ1) is 20.7. The Morgan fingerprint density at radius 3 is 2.57 bits per heavy atom. The van der Waals surface area contributed by atoms with Gasteiger partial charge < -0.3 is 4.74 Å². The number of rotatable bonds is 8. The molecule has 0 aromatic heterocycles. The Morgan fingerprint density at radius 2 is 1.87 bits per heavy atom. The van der Waals surface area contributed by atoms with E-state index >= 15 is 0 Å². The maximum absolute atomic E-state index is 12.5. The number of anilines is 1. The van der Waals surface area contributed by atoms with Crippen molar-refractivity contribution in [3.63, 3.8) is 0 Å². The average Bonchev–Trinajstić information content (AvgIpc) is 3.55. The van der Waals surface area contributed by atoms with E-state index in [-0.39, 0.29) is 22.8 Å². The van der Waals surface area contributed by atoms with Crippen molar-refractivity contribution in [3.05, 3.63) is 53.6 Å². The number of sulfonamides is 1. The van der Waals surface area contributed by atoms with Gasteiger partial charge in [-0.1, -0.05) is 6.07 Å². The predicted molar refractivity (Wildman–Crippen MR) is 115 cm³/mol. The summed E-state index contributed by atoms with van der Waals surface area (Å²) in [6.45, 7) is 0. The molecule has 2 aliphatic carbocycles. The summed E-state index contributed by atoms with van der Waals surface area (Å²) < 4.78 is 32.4. The van der Waals surface area contributed by atoms with Gasteiger partial charge in [-0.25, -0.2) is 13.1 Å². The second-order valence-electron chi connectivity index (χ2n) is 7.95. The van der Waals surface area contributed by atoms with Gasteiger partial charge in [0.25, 0.3) is 0 Å². The molecule has 1 saturated carbocycles. The molecule has 7 nitrogen and oxygen atoms in total. The van der Waals surface area contributed by atoms with Crippen LogP contribution in [0, 0.1) is 0 Å². The summed E-state index contributed by atoms with van der Waals surface area (Å²) in [4.78, 5) is 12.7. The fourth-order valence-corrected chi connectivity index (χ4v) is 5.16. The predicted octanol–water partition coefficient (Wildman–Crippen LogP) is 3.09. The molecule has 1 atom stereocenters. The number of amides is 1. The molecule has 0 radical (unpaired) electrons. The molecule has 1 fully saturated rings. The zero-order valence-corrected chi connectivity index (χ0v) is 17.8. The number of carbonyl (C=O) groups is 1. The zero-order valence-electron chi connectivity index (χ0n) is 17.0. The highest BCUT2D eigenvalue weighted by atomic mass is 32.2. The SMILES string of the molecule is COc1ccc2c(c1)CCCC2CC(=O)NNc1ccc(S(=O)(=O)NC2CC2)cc1. The first-order valence-corrected chi connectivity index (χ1v) is 11.8. The highest BCUT2D eigenvalue weighted by molar-refractivity contribution is 7.89. The number of hydrogen-bond donors (Lipinski definition) is 3. The van der Waals surface area contributed by atoms with Crippen LogP contribution in [-0.4, -0.2) is 27.5 Å². The van der Waals surface area contributed by atoms with Gasteiger partial charge in [-0.05, 0) is 85.5 Å². The monoisotopic (exact) mass is 429 g/mol. The maximum atomic E-state index is 12.5. The Morgan fingerprint density at radius 1 is 1.10 bits per heavy atom. The topological polar surface area (TPSA) is 96.5 Å². The van der Waals surface area contributed by atoms with Crippen molar-refractivity contribution >= 4 is 21.6 Å². The lowest BCUT2D eigenvalue weighted by atomic mass is 9.81. The summed E-state index contributed by atoms with van der Waals surface area (Å²) >= 11 is 0. The Kier molecular flexibility index (Phi) is 5.97. The van der Waals surface area contributed by atoms with E-state index in [1.54, 1.807) is 19.2 Å². The first-order valence-electron chi connectivity index (χ1n) is 10.3. The lowest BCUT2D eigenvalue weighted by Crippen LogP contribution is -2.31. The van der Waals surface area contributed by atoms with E-state index in [0.29, 0.717) is 12.1 Å². The van der Waals surface area contributed by atoms with Gasteiger partial charge in [0.2, 0.25) is 15.9 Å². The number of aryl methyl sites for hydroxylation is 1. The minimum Gasteiger partial charge on any atom is -0.497 e. The molecular weight excluding hydrogens is 402 g/mol. The molecule has 0 bridgehead atoms. The smallest absolute Gasteiger partial charge is 0.240 e. The molecule has 0 saturated heterocycles. The Hall–Kier alpha value is -2.58. The molecule has 0 heterocycles. The van der Waals surface area contributed by atoms with Crippen molar-refractivity contribution in [3.8, 4) is 5.75 Å². The first-order chi connectivity index (χ1) is 14.4. The van der Waals surface area contributed by atoms with E-state index in [4.69, 9.17) is 4.74 Å². The Bertz CT molecular complexity index is 1020. The van der Waals surface area contributed by atoms with Crippen LogP contribution in [0.3, 0.4) is 0 Å². The van der Waals surface area contributed by atoms with Crippen LogP contribution >= 0.6 is 0 Å². The third-order valence-corrected chi connectivity index (χ3v) is 7.17. The summed E-state index contributed by atoms with van der Waals surface area (Å²) in [5.41, 5.74) is 8.69. The molecule has 8 heteroatoms. The normalized spacial score (nSPS) is 18.4. The van der Waals surface area contributed by atoms with Crippen LogP contribution in [0.1, 0.15) is 49.1 Å². The van der Waals surface area contributed by atoms with E-state index in [2.05, 4.69) is 27.7 Å². The van der Waals surface area contributed by atoms with Gasteiger partial charge in [0.15, 0.2) is 0 Å². The molecule has 0 aliphatic heterocycles. The van der Waals surface area contributed by atoms with Crippen molar-refractivity contribution in [2.75, 3.05) is 12.5 Å². The van der Waals surface area contributed by atoms with Crippen LogP contribution in [-0.2, 0) is 21.2 Å². The quantitative estimate of drug-likeness (QED) is 0.561. The van der Waals surface area contributed by atoms with Crippen LogP contribution in [0.5, 0.6) is 5.75 Å². The van der Waals surface area contributed by atoms with Crippen LogP contribution in [0.25, 0.3) is 0 Å². The standard InChI is InChI=1S/C22H27N3O4S/c1-29-19-9-12-21-15(13-19)3-2-4-16(21)14-22(26)24-23-17-7-10-20(11-8-17)30(27,28)25-18-5-6-18/h7-13,16,18,23,25H,2-6,14H2,1H3,(H,24,26). The summed E-state index contributed by atoms with van der Waals surface area (Å²) in [6.07, 6.45) is 5.22. The van der Waals surface area contributed by atoms with E-state index in [1.165, 1.54) is 23.3 Å². The van der Waals surface area contributed by atoms with Crippen molar-refractivity contribution in [1.29, 1.82) is 0 Å². The summed E-state index contributed by atoms with van der Waals surface area (Å²) in [5.74, 6) is 0.927. The number of benzene rings is 2. The average molecular weight is 430 g/mol. The maximum Gasteiger partial charge on any atom is 0.240 e. The number of carbonyl (C=O) groups excluding carboxylic acids is 1. The molecule has 1 unspecified atom stereocenters. The molecule has 2 aromatic rings. The number of hydrazine groups is 1. The van der Waals surface area contributed by atoms with E-state index in [0.717, 1.165) is 37.9 Å². The van der Waals surface area contributed by atoms with E-state index < -0.39 is 10.0 Å². The number of ether oxygens (including phenoxy) is 1. The molecular formula is C22H27N3O4S. The van der Waals surface area contributed by atoms with Gasteiger partial charge in [-0.2, -0.15) is 0 Å². The fraction of sp³-hybridized carbons (Fsp3) is 0.409. The largest absolute Gasteiger partial charge is 0.497 e. The van der Waals surface area contributed by atoms with Crippen LogP contribution < -0.4 is 20.3 Å². The van der Waals surface area contributed by atoms with Gasteiger partial charge in [0, 0.05) is 12.5 Å². The molecule has 0 spiro atoms. The van der Waals surface area contributed by atoms with E-state index in [9.17, 15) is 13.2 Å². The highest BCUT2D eigenvalue weighted by Gasteiger charge is 2.28. The molecule has 4 rings (SSSR count). The number of fused-ring (bicyclic) bond motifs is 1. The van der Waals surface area contributed by atoms with Crippen molar-refractivity contribution in [2.24, 2.45) is 0 Å². The number of nitrogens with one attached hydrogen (secondary N) is 3. The molecule has 1 amide bonds. The van der Waals surface area contributed by atoms with Crippen LogP contribution in [0.2, 0.25) is 0 Å². The summed E-state index contributed by atoms with van der Waals surface area (Å²) in [5, 5.41) is 0. The second kappa shape index (κ2) is 8.65. The van der Waals surface area contributed by atoms with Gasteiger partial charge in [0.05, 0.1) is 17.7 Å². The van der Waals surface area contributed by atoms with Gasteiger partial charge in [-0.15, -0.1) is 0 Å². The summed E-state index contributed by atoms with van der Waals surface area (Å²) in [7, 11) is -1.81. The van der Waals surface area contributed by atoms with Crippen molar-refractivity contribution in [2.45, 2.75) is 55.4 Å². The lowest BCUT2D eigenvalue weighted by molar-refractivity contribution is -0.121. The minimum absolute atomic E-state index is 0.0677. The molecule has 3 N–H and O–H groups in total. The van der Waals surface area contributed by atoms with Crippen molar-refractivity contribution < 1.29 is 17.9 Å². The van der Waals surface area contributed by atoms with E-state index in [1.807, 2.05) is 6.07 Å².